The summed E-state index contributed by atoms with van der Waals surface area (Å²) in [6.45, 7) is 3.20. The Morgan fingerprint density at radius 1 is 1.06 bits per heavy atom. The van der Waals surface area contributed by atoms with E-state index in [1.54, 1.807) is 26.0 Å². The minimum absolute atomic E-state index is 0.0317. The molecule has 2 aromatic carbocycles. The topological polar surface area (TPSA) is 110 Å². The van der Waals surface area contributed by atoms with Crippen molar-refractivity contribution in [1.82, 2.24) is 9.97 Å². The SMILES string of the molecule is Cc1nc(Oc2ccccc2F)nc(C)c1NS(=O)(=O)c1ccc2c(c1)CCC(=O)N2. The maximum atomic E-state index is 13.8. The van der Waals surface area contributed by atoms with E-state index in [-0.39, 0.29) is 28.3 Å². The number of rotatable bonds is 5. The second-order valence-electron chi connectivity index (χ2n) is 7.06. The highest BCUT2D eigenvalue weighted by molar-refractivity contribution is 7.92. The van der Waals surface area contributed by atoms with Gasteiger partial charge in [0.1, 0.15) is 0 Å². The maximum absolute atomic E-state index is 13.8. The lowest BCUT2D eigenvalue weighted by molar-refractivity contribution is -0.116. The third-order valence-electron chi connectivity index (χ3n) is 4.81. The third-order valence-corrected chi connectivity index (χ3v) is 6.15. The Kier molecular flexibility index (Phi) is 5.32. The van der Waals surface area contributed by atoms with Crippen LogP contribution in [0.5, 0.6) is 11.8 Å². The minimum atomic E-state index is -3.93. The van der Waals surface area contributed by atoms with Gasteiger partial charge in [-0.1, -0.05) is 12.1 Å². The number of carbonyl (C=O) groups is 1. The largest absolute Gasteiger partial charge is 0.421 e. The summed E-state index contributed by atoms with van der Waals surface area (Å²) in [6, 6.07) is 10.3. The molecule has 0 saturated carbocycles. The molecule has 0 unspecified atom stereocenters. The first-order chi connectivity index (χ1) is 14.7. The van der Waals surface area contributed by atoms with Gasteiger partial charge in [-0.3, -0.25) is 9.52 Å². The average molecular weight is 442 g/mol. The van der Waals surface area contributed by atoms with E-state index in [0.29, 0.717) is 29.9 Å². The van der Waals surface area contributed by atoms with Crippen molar-refractivity contribution >= 4 is 27.3 Å². The molecule has 1 aliphatic rings. The lowest BCUT2D eigenvalue weighted by atomic mass is 10.0. The van der Waals surface area contributed by atoms with E-state index in [1.807, 2.05) is 0 Å². The van der Waals surface area contributed by atoms with Gasteiger partial charge in [-0.05, 0) is 56.2 Å². The molecule has 8 nitrogen and oxygen atoms in total. The number of fused-ring (bicyclic) bond motifs is 1. The zero-order chi connectivity index (χ0) is 22.2. The van der Waals surface area contributed by atoms with Crippen molar-refractivity contribution in [1.29, 1.82) is 0 Å². The summed E-state index contributed by atoms with van der Waals surface area (Å²) >= 11 is 0. The highest BCUT2D eigenvalue weighted by Gasteiger charge is 2.22. The van der Waals surface area contributed by atoms with Gasteiger partial charge in [-0.15, -0.1) is 0 Å². The van der Waals surface area contributed by atoms with Crippen molar-refractivity contribution in [2.24, 2.45) is 0 Å². The number of anilines is 2. The molecule has 2 heterocycles. The van der Waals surface area contributed by atoms with Crippen LogP contribution in [0.25, 0.3) is 0 Å². The van der Waals surface area contributed by atoms with Crippen molar-refractivity contribution < 1.29 is 22.3 Å². The number of amides is 1. The first kappa shape index (κ1) is 20.7. The number of nitrogens with one attached hydrogen (secondary N) is 2. The van der Waals surface area contributed by atoms with Crippen molar-refractivity contribution in [3.8, 4) is 11.8 Å². The van der Waals surface area contributed by atoms with Gasteiger partial charge in [0, 0.05) is 12.1 Å². The first-order valence-electron chi connectivity index (χ1n) is 9.46. The number of benzene rings is 2. The molecule has 0 atom stereocenters. The molecule has 1 amide bonds. The van der Waals surface area contributed by atoms with Gasteiger partial charge < -0.3 is 10.1 Å². The Hall–Kier alpha value is -3.53. The zero-order valence-corrected chi connectivity index (χ0v) is 17.6. The number of hydrogen-bond acceptors (Lipinski definition) is 6. The number of para-hydroxylation sites is 1. The lowest BCUT2D eigenvalue weighted by Gasteiger charge is -2.18. The summed E-state index contributed by atoms with van der Waals surface area (Å²) in [5.41, 5.74) is 2.23. The first-order valence-corrected chi connectivity index (χ1v) is 10.9. The Morgan fingerprint density at radius 3 is 2.48 bits per heavy atom. The predicted molar refractivity (Wildman–Crippen MR) is 112 cm³/mol. The van der Waals surface area contributed by atoms with Crippen LogP contribution in [0.15, 0.2) is 47.4 Å². The molecular weight excluding hydrogens is 423 g/mol. The van der Waals surface area contributed by atoms with Crippen LogP contribution in [-0.2, 0) is 21.2 Å². The van der Waals surface area contributed by atoms with Crippen LogP contribution in [0.2, 0.25) is 0 Å². The molecule has 0 spiro atoms. The van der Waals surface area contributed by atoms with Crippen LogP contribution < -0.4 is 14.8 Å². The molecule has 31 heavy (non-hydrogen) atoms. The predicted octanol–water partition coefficient (Wildman–Crippen LogP) is 3.71. The van der Waals surface area contributed by atoms with Gasteiger partial charge >= 0.3 is 6.01 Å². The molecule has 1 aromatic heterocycles. The van der Waals surface area contributed by atoms with Crippen LogP contribution in [0.1, 0.15) is 23.4 Å². The molecule has 0 fully saturated rings. The molecule has 4 rings (SSSR count). The third kappa shape index (κ3) is 4.33. The van der Waals surface area contributed by atoms with Crippen molar-refractivity contribution in [2.45, 2.75) is 31.6 Å². The summed E-state index contributed by atoms with van der Waals surface area (Å²) in [4.78, 5) is 19.9. The number of halogens is 1. The number of sulfonamides is 1. The molecular formula is C21H19FN4O4S. The van der Waals surface area contributed by atoms with Crippen LogP contribution in [0.4, 0.5) is 15.8 Å². The second-order valence-corrected chi connectivity index (χ2v) is 8.74. The van der Waals surface area contributed by atoms with Gasteiger partial charge in [0.05, 0.1) is 22.0 Å². The molecule has 0 saturated heterocycles. The average Bonchev–Trinajstić information content (AvgIpc) is 2.72. The highest BCUT2D eigenvalue weighted by atomic mass is 32.2. The van der Waals surface area contributed by atoms with E-state index in [2.05, 4.69) is 20.0 Å². The number of carbonyl (C=O) groups excluding carboxylic acids is 1. The molecule has 3 aromatic rings. The minimum Gasteiger partial charge on any atom is -0.421 e. The van der Waals surface area contributed by atoms with Crippen LogP contribution in [-0.4, -0.2) is 24.3 Å². The number of nitrogens with zero attached hydrogens (tertiary/aromatic N) is 2. The Bertz CT molecular complexity index is 1270. The molecule has 160 valence electrons. The Labute approximate surface area is 178 Å². The molecule has 0 aliphatic carbocycles. The quantitative estimate of drug-likeness (QED) is 0.623. The van der Waals surface area contributed by atoms with Gasteiger partial charge in [0.15, 0.2) is 11.6 Å². The number of hydrogen-bond donors (Lipinski definition) is 2. The van der Waals surface area contributed by atoms with Crippen LogP contribution >= 0.6 is 0 Å². The van der Waals surface area contributed by atoms with E-state index >= 15 is 0 Å². The van der Waals surface area contributed by atoms with Gasteiger partial charge in [-0.2, -0.15) is 9.97 Å². The molecule has 1 aliphatic heterocycles. The molecule has 0 bridgehead atoms. The smallest absolute Gasteiger partial charge is 0.322 e. The summed E-state index contributed by atoms with van der Waals surface area (Å²) in [5.74, 6) is -0.687. The Balaban J connectivity index is 1.60. The lowest BCUT2D eigenvalue weighted by Crippen LogP contribution is -2.20. The fourth-order valence-corrected chi connectivity index (χ4v) is 4.45. The van der Waals surface area contributed by atoms with Gasteiger partial charge in [-0.25, -0.2) is 12.8 Å². The van der Waals surface area contributed by atoms with Crippen molar-refractivity contribution in [3.05, 3.63) is 65.2 Å². The fourth-order valence-electron chi connectivity index (χ4n) is 3.22. The van der Waals surface area contributed by atoms with Crippen molar-refractivity contribution in [2.75, 3.05) is 10.0 Å². The van der Waals surface area contributed by atoms with E-state index in [0.717, 1.165) is 5.56 Å². The van der Waals surface area contributed by atoms with Crippen LogP contribution in [0, 0.1) is 19.7 Å². The van der Waals surface area contributed by atoms with E-state index in [1.165, 1.54) is 30.3 Å². The normalized spacial score (nSPS) is 13.3. The molecule has 10 heteroatoms. The van der Waals surface area contributed by atoms with Crippen molar-refractivity contribution in [3.63, 3.8) is 0 Å². The Morgan fingerprint density at radius 2 is 1.77 bits per heavy atom. The van der Waals surface area contributed by atoms with E-state index in [9.17, 15) is 17.6 Å². The zero-order valence-electron chi connectivity index (χ0n) is 16.8. The monoisotopic (exact) mass is 442 g/mol. The maximum Gasteiger partial charge on any atom is 0.322 e. The van der Waals surface area contributed by atoms with Crippen LogP contribution in [0.3, 0.4) is 0 Å². The summed E-state index contributed by atoms with van der Waals surface area (Å²) in [7, 11) is -3.93. The fraction of sp³-hybridized carbons (Fsp3) is 0.190. The summed E-state index contributed by atoms with van der Waals surface area (Å²) in [6.07, 6.45) is 0.771. The number of ether oxygens (including phenoxy) is 1. The number of aryl methyl sites for hydroxylation is 3. The highest BCUT2D eigenvalue weighted by Crippen LogP contribution is 2.29. The summed E-state index contributed by atoms with van der Waals surface area (Å²) < 4.78 is 47.6. The van der Waals surface area contributed by atoms with Gasteiger partial charge in [0.2, 0.25) is 5.91 Å². The second kappa shape index (κ2) is 7.95. The number of aromatic nitrogens is 2. The van der Waals surface area contributed by atoms with E-state index in [4.69, 9.17) is 4.74 Å². The van der Waals surface area contributed by atoms with Gasteiger partial charge in [0.25, 0.3) is 10.0 Å². The standard InChI is InChI=1S/C21H19FN4O4S/c1-12-20(13(2)24-21(23-12)30-18-6-4-3-5-16(18)22)26-31(28,29)15-8-9-17-14(11-15)7-10-19(27)25-17/h3-6,8-9,11,26H,7,10H2,1-2H3,(H,25,27). The van der Waals surface area contributed by atoms with E-state index < -0.39 is 15.8 Å². The molecule has 0 radical (unpaired) electrons. The summed E-state index contributed by atoms with van der Waals surface area (Å²) in [5, 5.41) is 2.72. The molecule has 2 N–H and O–H groups in total.